The van der Waals surface area contributed by atoms with Crippen LogP contribution in [0, 0.1) is 0 Å². The predicted molar refractivity (Wildman–Crippen MR) is 108 cm³/mol. The second-order valence-corrected chi connectivity index (χ2v) is 6.55. The van der Waals surface area contributed by atoms with Crippen LogP contribution in [0.3, 0.4) is 0 Å². The molecule has 3 amide bonds. The van der Waals surface area contributed by atoms with E-state index in [0.717, 1.165) is 11.3 Å². The fraction of sp³-hybridized carbons (Fsp3) is 0.0870. The Hall–Kier alpha value is -3.73. The molecular formula is C23H18N2O3. The summed E-state index contributed by atoms with van der Waals surface area (Å²) in [4.78, 5) is 39.2. The van der Waals surface area contributed by atoms with Gasteiger partial charge in [0, 0.05) is 11.3 Å². The Morgan fingerprint density at radius 3 is 2.21 bits per heavy atom. The fourth-order valence-electron chi connectivity index (χ4n) is 3.22. The molecule has 0 saturated heterocycles. The van der Waals surface area contributed by atoms with Crippen LogP contribution >= 0.6 is 0 Å². The van der Waals surface area contributed by atoms with Crippen molar-refractivity contribution in [3.05, 3.63) is 95.1 Å². The van der Waals surface area contributed by atoms with E-state index in [0.29, 0.717) is 22.5 Å². The second-order valence-electron chi connectivity index (χ2n) is 6.55. The van der Waals surface area contributed by atoms with Crippen LogP contribution in [0.15, 0.2) is 72.8 Å². The highest BCUT2D eigenvalue weighted by atomic mass is 16.2. The van der Waals surface area contributed by atoms with E-state index in [9.17, 15) is 14.4 Å². The molecule has 0 atom stereocenters. The lowest BCUT2D eigenvalue weighted by molar-refractivity contribution is 0.0925. The van der Waals surface area contributed by atoms with E-state index in [1.807, 2.05) is 30.3 Å². The van der Waals surface area contributed by atoms with Gasteiger partial charge in [0.2, 0.25) is 0 Å². The highest BCUT2D eigenvalue weighted by Crippen LogP contribution is 2.29. The molecule has 0 unspecified atom stereocenters. The molecule has 4 rings (SSSR count). The number of aryl methyl sites for hydroxylation is 1. The van der Waals surface area contributed by atoms with Gasteiger partial charge in [0.15, 0.2) is 0 Å². The average molecular weight is 370 g/mol. The van der Waals surface area contributed by atoms with Gasteiger partial charge in [-0.05, 0) is 54.4 Å². The largest absolute Gasteiger partial charge is 0.322 e. The summed E-state index contributed by atoms with van der Waals surface area (Å²) in [6.07, 6.45) is 0.924. The van der Waals surface area contributed by atoms with E-state index in [-0.39, 0.29) is 17.4 Å². The van der Waals surface area contributed by atoms with Crippen LogP contribution in [0.4, 0.5) is 11.4 Å². The third kappa shape index (κ3) is 3.07. The van der Waals surface area contributed by atoms with Gasteiger partial charge in [-0.3, -0.25) is 14.4 Å². The maximum atomic E-state index is 12.8. The van der Waals surface area contributed by atoms with Gasteiger partial charge in [-0.1, -0.05) is 37.3 Å². The maximum Gasteiger partial charge on any atom is 0.266 e. The summed E-state index contributed by atoms with van der Waals surface area (Å²) in [5.74, 6) is -1.13. The monoisotopic (exact) mass is 370 g/mol. The van der Waals surface area contributed by atoms with Crippen LogP contribution in [0.5, 0.6) is 0 Å². The number of hydrogen-bond donors (Lipinski definition) is 1. The van der Waals surface area contributed by atoms with Crippen LogP contribution in [-0.4, -0.2) is 17.7 Å². The van der Waals surface area contributed by atoms with Crippen LogP contribution in [0.25, 0.3) is 0 Å². The number of rotatable bonds is 4. The zero-order valence-corrected chi connectivity index (χ0v) is 15.3. The lowest BCUT2D eigenvalue weighted by atomic mass is 10.1. The van der Waals surface area contributed by atoms with Gasteiger partial charge in [-0.2, -0.15) is 0 Å². The average Bonchev–Trinajstić information content (AvgIpc) is 2.99. The van der Waals surface area contributed by atoms with Gasteiger partial charge in [0.1, 0.15) is 0 Å². The lowest BCUT2D eigenvalue weighted by Gasteiger charge is -2.13. The van der Waals surface area contributed by atoms with Crippen molar-refractivity contribution >= 4 is 29.1 Å². The SMILES string of the molecule is CCc1ccc(NC(=O)c2ccc3c(c2)C(=O)N(c2ccccc2)C3=O)cc1. The van der Waals surface area contributed by atoms with Crippen molar-refractivity contribution in [2.45, 2.75) is 13.3 Å². The number of carbonyl (C=O) groups is 3. The highest BCUT2D eigenvalue weighted by Gasteiger charge is 2.37. The molecule has 1 heterocycles. The van der Waals surface area contributed by atoms with Crippen molar-refractivity contribution in [1.29, 1.82) is 0 Å². The Morgan fingerprint density at radius 2 is 1.54 bits per heavy atom. The second kappa shape index (κ2) is 7.12. The van der Waals surface area contributed by atoms with Crippen molar-refractivity contribution in [2.24, 2.45) is 0 Å². The molecule has 3 aromatic carbocycles. The number of imide groups is 1. The summed E-state index contributed by atoms with van der Waals surface area (Å²) in [5, 5.41) is 2.82. The molecule has 1 aliphatic heterocycles. The Labute approximate surface area is 162 Å². The minimum absolute atomic E-state index is 0.239. The smallest absolute Gasteiger partial charge is 0.266 e. The quantitative estimate of drug-likeness (QED) is 0.696. The van der Waals surface area contributed by atoms with Crippen molar-refractivity contribution < 1.29 is 14.4 Å². The van der Waals surface area contributed by atoms with Crippen molar-refractivity contribution in [3.63, 3.8) is 0 Å². The zero-order valence-electron chi connectivity index (χ0n) is 15.3. The number of benzene rings is 3. The van der Waals surface area contributed by atoms with E-state index in [1.54, 1.807) is 30.3 Å². The van der Waals surface area contributed by atoms with E-state index < -0.39 is 5.91 Å². The summed E-state index contributed by atoms with van der Waals surface area (Å²) >= 11 is 0. The maximum absolute atomic E-state index is 12.8. The molecule has 138 valence electrons. The minimum atomic E-state index is -0.423. The van der Waals surface area contributed by atoms with Crippen LogP contribution < -0.4 is 10.2 Å². The first-order valence-corrected chi connectivity index (χ1v) is 9.06. The summed E-state index contributed by atoms with van der Waals surface area (Å²) < 4.78 is 0. The Balaban J connectivity index is 1.60. The third-order valence-corrected chi connectivity index (χ3v) is 4.78. The van der Waals surface area contributed by atoms with Gasteiger partial charge < -0.3 is 5.32 Å². The molecule has 0 spiro atoms. The Bertz CT molecular complexity index is 1070. The highest BCUT2D eigenvalue weighted by molar-refractivity contribution is 6.34. The van der Waals surface area contributed by atoms with Crippen LogP contribution in [-0.2, 0) is 6.42 Å². The molecular weight excluding hydrogens is 352 g/mol. The number of nitrogens with one attached hydrogen (secondary N) is 1. The van der Waals surface area contributed by atoms with Crippen LogP contribution in [0.2, 0.25) is 0 Å². The number of para-hydroxylation sites is 1. The first kappa shape index (κ1) is 17.7. The first-order valence-electron chi connectivity index (χ1n) is 9.06. The number of hydrogen-bond acceptors (Lipinski definition) is 3. The summed E-state index contributed by atoms with van der Waals surface area (Å²) in [6.45, 7) is 2.06. The molecule has 3 aromatic rings. The lowest BCUT2D eigenvalue weighted by Crippen LogP contribution is -2.29. The zero-order chi connectivity index (χ0) is 19.7. The number of carbonyl (C=O) groups excluding carboxylic acids is 3. The summed E-state index contributed by atoms with van der Waals surface area (Å²) in [5.41, 5.74) is 3.24. The summed E-state index contributed by atoms with van der Waals surface area (Å²) in [7, 11) is 0. The molecule has 28 heavy (non-hydrogen) atoms. The first-order chi connectivity index (χ1) is 13.6. The molecule has 1 N–H and O–H groups in total. The van der Waals surface area contributed by atoms with Gasteiger partial charge in [-0.25, -0.2) is 4.90 Å². The molecule has 0 fully saturated rings. The van der Waals surface area contributed by atoms with Crippen molar-refractivity contribution in [3.8, 4) is 0 Å². The Morgan fingerprint density at radius 1 is 0.857 bits per heavy atom. The van der Waals surface area contributed by atoms with Crippen LogP contribution in [0.1, 0.15) is 43.6 Å². The van der Waals surface area contributed by atoms with Crippen molar-refractivity contribution in [1.82, 2.24) is 0 Å². The van der Waals surface area contributed by atoms with Gasteiger partial charge >= 0.3 is 0 Å². The molecule has 1 aliphatic rings. The van der Waals surface area contributed by atoms with Gasteiger partial charge in [0.25, 0.3) is 17.7 Å². The number of amides is 3. The fourth-order valence-corrected chi connectivity index (χ4v) is 3.22. The number of nitrogens with zero attached hydrogens (tertiary/aromatic N) is 1. The predicted octanol–water partition coefficient (Wildman–Crippen LogP) is 4.30. The standard InChI is InChI=1S/C23H18N2O3/c1-2-15-8-11-17(12-9-15)24-21(26)16-10-13-19-20(14-16)23(28)25(22(19)27)18-6-4-3-5-7-18/h3-14H,2H2,1H3,(H,24,26). The number of fused-ring (bicyclic) bond motifs is 1. The van der Waals surface area contributed by atoms with E-state index in [2.05, 4.69) is 12.2 Å². The normalized spacial score (nSPS) is 12.8. The minimum Gasteiger partial charge on any atom is -0.322 e. The molecule has 5 heteroatoms. The van der Waals surface area contributed by atoms with Crippen molar-refractivity contribution in [2.75, 3.05) is 10.2 Å². The molecule has 0 saturated carbocycles. The Kier molecular flexibility index (Phi) is 4.49. The summed E-state index contributed by atoms with van der Waals surface area (Å²) in [6, 6.07) is 20.9. The van der Waals surface area contributed by atoms with Gasteiger partial charge in [0.05, 0.1) is 16.8 Å². The van der Waals surface area contributed by atoms with E-state index in [4.69, 9.17) is 0 Å². The molecule has 0 bridgehead atoms. The van der Waals surface area contributed by atoms with E-state index in [1.165, 1.54) is 17.7 Å². The molecule has 0 aromatic heterocycles. The molecule has 0 radical (unpaired) electrons. The van der Waals surface area contributed by atoms with E-state index >= 15 is 0 Å². The topological polar surface area (TPSA) is 66.5 Å². The molecule has 0 aliphatic carbocycles. The number of anilines is 2. The molecule has 5 nitrogen and oxygen atoms in total. The van der Waals surface area contributed by atoms with Gasteiger partial charge in [-0.15, -0.1) is 0 Å². The third-order valence-electron chi connectivity index (χ3n) is 4.78.